The average molecular weight is 445 g/mol. The van der Waals surface area contributed by atoms with E-state index in [1.165, 1.54) is 0 Å². The molecule has 1 aliphatic heterocycles. The Morgan fingerprint density at radius 1 is 1.28 bits per heavy atom. The number of nitrogens with zero attached hydrogens (tertiary/aromatic N) is 5. The zero-order chi connectivity index (χ0) is 23.2. The number of nitrogen functional groups attached to an aromatic ring is 1. The van der Waals surface area contributed by atoms with Crippen molar-refractivity contribution in [1.29, 1.82) is 0 Å². The molecule has 3 N–H and O–H groups in total. The number of rotatable bonds is 4. The number of imidazole rings is 1. The van der Waals surface area contributed by atoms with Crippen molar-refractivity contribution in [3.63, 3.8) is 0 Å². The lowest BCUT2D eigenvalue weighted by atomic mass is 10.0. The number of nitrogens with one attached hydrogen (secondary N) is 1. The summed E-state index contributed by atoms with van der Waals surface area (Å²) in [6.07, 6.45) is -1.11. The van der Waals surface area contributed by atoms with E-state index in [9.17, 15) is 13.2 Å². The summed E-state index contributed by atoms with van der Waals surface area (Å²) in [5.41, 5.74) is 10.8. The number of allylic oxidation sites excluding steroid dienone is 1. The first kappa shape index (κ1) is 21.9. The molecule has 0 radical (unpaired) electrons. The Labute approximate surface area is 184 Å². The second-order valence-electron chi connectivity index (χ2n) is 8.30. The fraction of sp³-hybridized carbons (Fsp3) is 0.409. The summed E-state index contributed by atoms with van der Waals surface area (Å²) in [5.74, 6) is 0.977. The highest BCUT2D eigenvalue weighted by molar-refractivity contribution is 5.95. The van der Waals surface area contributed by atoms with E-state index in [1.807, 2.05) is 25.5 Å². The van der Waals surface area contributed by atoms with Crippen molar-refractivity contribution in [2.24, 2.45) is 7.05 Å². The normalized spacial score (nSPS) is 17.1. The maximum atomic E-state index is 12.7. The number of nitrogens with two attached hydrogens (primary N) is 1. The van der Waals surface area contributed by atoms with Gasteiger partial charge in [-0.2, -0.15) is 13.2 Å². The first-order valence-corrected chi connectivity index (χ1v) is 10.4. The average Bonchev–Trinajstić information content (AvgIpc) is 3.07. The minimum absolute atomic E-state index is 0.0228. The highest BCUT2D eigenvalue weighted by atomic mass is 19.4. The number of alkyl halides is 3. The highest BCUT2D eigenvalue weighted by Crippen LogP contribution is 2.34. The molecule has 1 aliphatic rings. The molecule has 0 saturated carbocycles. The molecule has 0 amide bonds. The van der Waals surface area contributed by atoms with Crippen molar-refractivity contribution >= 4 is 34.2 Å². The van der Waals surface area contributed by atoms with E-state index in [1.54, 1.807) is 0 Å². The van der Waals surface area contributed by atoms with E-state index in [0.717, 1.165) is 65.5 Å². The molecule has 0 bridgehead atoms. The van der Waals surface area contributed by atoms with Gasteiger partial charge in [0.1, 0.15) is 5.52 Å². The van der Waals surface area contributed by atoms with Gasteiger partial charge in [0, 0.05) is 38.6 Å². The summed E-state index contributed by atoms with van der Waals surface area (Å²) in [7, 11) is 1.96. The number of hydrogen-bond donors (Lipinski definition) is 2. The van der Waals surface area contributed by atoms with Gasteiger partial charge in [-0.1, -0.05) is 12.2 Å². The van der Waals surface area contributed by atoms with Crippen molar-refractivity contribution in [2.45, 2.75) is 38.9 Å². The van der Waals surface area contributed by atoms with Crippen LogP contribution in [0.25, 0.3) is 16.6 Å². The molecular formula is C22H26F3N7. The SMILES string of the molecule is C=C(C)c1cc2c(nc(N3CCCC(Nc4ncc(C(F)(F)F)cn4)C3)n2C)c(N)c1C. The molecule has 3 aromatic rings. The number of hydrogen-bond acceptors (Lipinski definition) is 6. The number of anilines is 3. The van der Waals surface area contributed by atoms with Crippen LogP contribution in [0.3, 0.4) is 0 Å². The zero-order valence-electron chi connectivity index (χ0n) is 18.3. The van der Waals surface area contributed by atoms with Gasteiger partial charge in [-0.15, -0.1) is 0 Å². The largest absolute Gasteiger partial charge is 0.419 e. The van der Waals surface area contributed by atoms with Gasteiger partial charge >= 0.3 is 6.18 Å². The quantitative estimate of drug-likeness (QED) is 0.580. The number of fused-ring (bicyclic) bond motifs is 1. The molecule has 1 aromatic carbocycles. The summed E-state index contributed by atoms with van der Waals surface area (Å²) in [4.78, 5) is 14.6. The Balaban J connectivity index is 1.57. The summed E-state index contributed by atoms with van der Waals surface area (Å²) >= 11 is 0. The van der Waals surface area contributed by atoms with Gasteiger partial charge in [-0.25, -0.2) is 15.0 Å². The molecule has 0 aliphatic carbocycles. The number of piperidine rings is 1. The van der Waals surface area contributed by atoms with Crippen molar-refractivity contribution in [3.05, 3.63) is 41.7 Å². The molecule has 10 heteroatoms. The topological polar surface area (TPSA) is 84.9 Å². The summed E-state index contributed by atoms with van der Waals surface area (Å²) < 4.78 is 40.2. The van der Waals surface area contributed by atoms with E-state index < -0.39 is 11.7 Å². The Hall–Kier alpha value is -3.30. The molecule has 0 spiro atoms. The molecule has 170 valence electrons. The van der Waals surface area contributed by atoms with Gasteiger partial charge in [0.25, 0.3) is 0 Å². The second-order valence-corrected chi connectivity index (χ2v) is 8.30. The van der Waals surface area contributed by atoms with Crippen LogP contribution in [0, 0.1) is 6.92 Å². The van der Waals surface area contributed by atoms with E-state index in [2.05, 4.69) is 32.8 Å². The molecule has 3 heterocycles. The number of aromatic nitrogens is 4. The van der Waals surface area contributed by atoms with Gasteiger partial charge in [0.15, 0.2) is 0 Å². The van der Waals surface area contributed by atoms with Crippen LogP contribution in [0.4, 0.5) is 30.8 Å². The van der Waals surface area contributed by atoms with Gasteiger partial charge < -0.3 is 20.5 Å². The predicted octanol–water partition coefficient (Wildman–Crippen LogP) is 4.39. The Kier molecular flexibility index (Phi) is 5.47. The van der Waals surface area contributed by atoms with Crippen molar-refractivity contribution in [3.8, 4) is 0 Å². The van der Waals surface area contributed by atoms with Crippen LogP contribution in [0.5, 0.6) is 0 Å². The molecule has 2 aromatic heterocycles. The first-order valence-electron chi connectivity index (χ1n) is 10.4. The highest BCUT2D eigenvalue weighted by Gasteiger charge is 2.31. The molecule has 1 saturated heterocycles. The minimum atomic E-state index is -4.45. The molecular weight excluding hydrogens is 419 g/mol. The van der Waals surface area contributed by atoms with Crippen molar-refractivity contribution in [1.82, 2.24) is 19.5 Å². The molecule has 32 heavy (non-hydrogen) atoms. The standard InChI is InChI=1S/C22H26F3N7/c1-12(2)16-8-17-19(18(26)13(16)3)30-21(31(17)4)32-7-5-6-15(11-32)29-20-27-9-14(10-28-20)22(23,24)25/h8-10,15H,1,5-7,11,26H2,2-4H3,(H,27,28,29). The number of aryl methyl sites for hydroxylation is 1. The van der Waals surface area contributed by atoms with E-state index >= 15 is 0 Å². The molecule has 1 atom stereocenters. The van der Waals surface area contributed by atoms with Crippen LogP contribution >= 0.6 is 0 Å². The summed E-state index contributed by atoms with van der Waals surface area (Å²) in [6.45, 7) is 9.41. The van der Waals surface area contributed by atoms with Crippen LogP contribution in [-0.4, -0.2) is 38.7 Å². The third kappa shape index (κ3) is 3.96. The molecule has 1 unspecified atom stereocenters. The predicted molar refractivity (Wildman–Crippen MR) is 120 cm³/mol. The number of halogens is 3. The minimum Gasteiger partial charge on any atom is -0.397 e. The molecule has 7 nitrogen and oxygen atoms in total. The monoisotopic (exact) mass is 445 g/mol. The van der Waals surface area contributed by atoms with Gasteiger partial charge in [0.2, 0.25) is 11.9 Å². The third-order valence-electron chi connectivity index (χ3n) is 5.94. The fourth-order valence-corrected chi connectivity index (χ4v) is 4.16. The smallest absolute Gasteiger partial charge is 0.397 e. The maximum absolute atomic E-state index is 12.7. The van der Waals surface area contributed by atoms with Crippen LogP contribution in [0.15, 0.2) is 25.0 Å². The van der Waals surface area contributed by atoms with Crippen LogP contribution < -0.4 is 16.0 Å². The Morgan fingerprint density at radius 2 is 1.97 bits per heavy atom. The van der Waals surface area contributed by atoms with Crippen LogP contribution in [-0.2, 0) is 13.2 Å². The van der Waals surface area contributed by atoms with Crippen LogP contribution in [0.1, 0.15) is 36.5 Å². The van der Waals surface area contributed by atoms with Gasteiger partial charge in [0.05, 0.1) is 16.8 Å². The van der Waals surface area contributed by atoms with Crippen molar-refractivity contribution < 1.29 is 13.2 Å². The molecule has 1 fully saturated rings. The van der Waals surface area contributed by atoms with Gasteiger partial charge in [-0.05, 0) is 43.9 Å². The second kappa shape index (κ2) is 7.99. The molecule has 4 rings (SSSR count). The summed E-state index contributed by atoms with van der Waals surface area (Å²) in [5, 5.41) is 3.15. The van der Waals surface area contributed by atoms with Gasteiger partial charge in [-0.3, -0.25) is 0 Å². The first-order chi connectivity index (χ1) is 15.1. The summed E-state index contributed by atoms with van der Waals surface area (Å²) in [6, 6.07) is 2.04. The lowest BCUT2D eigenvalue weighted by Crippen LogP contribution is -2.43. The third-order valence-corrected chi connectivity index (χ3v) is 5.94. The van der Waals surface area contributed by atoms with E-state index in [4.69, 9.17) is 10.7 Å². The van der Waals surface area contributed by atoms with Crippen molar-refractivity contribution in [2.75, 3.05) is 29.0 Å². The van der Waals surface area contributed by atoms with E-state index in [0.29, 0.717) is 12.2 Å². The Morgan fingerprint density at radius 3 is 2.59 bits per heavy atom. The maximum Gasteiger partial charge on any atom is 0.419 e. The fourth-order valence-electron chi connectivity index (χ4n) is 4.16. The lowest BCUT2D eigenvalue weighted by molar-refractivity contribution is -0.138. The Bertz CT molecular complexity index is 1170. The van der Waals surface area contributed by atoms with Crippen LogP contribution in [0.2, 0.25) is 0 Å². The number of benzene rings is 1. The lowest BCUT2D eigenvalue weighted by Gasteiger charge is -2.33. The van der Waals surface area contributed by atoms with E-state index in [-0.39, 0.29) is 12.0 Å². The zero-order valence-corrected chi connectivity index (χ0v) is 18.3.